The zero-order chi connectivity index (χ0) is 11.2. The fourth-order valence-corrected chi connectivity index (χ4v) is 1.98. The Balaban J connectivity index is 4.01. The molecule has 0 aliphatic rings. The molecule has 0 aliphatic carbocycles. The third-order valence-corrected chi connectivity index (χ3v) is 3.02. The minimum absolute atomic E-state index is 0.162. The number of hydrogen-bond donors (Lipinski definition) is 2. The molecular weight excluding hydrogens is 207 g/mol. The molecule has 0 aromatic rings. The van der Waals surface area contributed by atoms with Gasteiger partial charge in [-0.15, -0.1) is 0 Å². The molecule has 0 saturated heterocycles. The van der Waals surface area contributed by atoms with Crippen LogP contribution in [0.2, 0.25) is 0 Å². The van der Waals surface area contributed by atoms with Crippen LogP contribution in [0.4, 0.5) is 0 Å². The van der Waals surface area contributed by atoms with Crippen molar-refractivity contribution in [2.24, 2.45) is 11.5 Å². The van der Waals surface area contributed by atoms with E-state index in [9.17, 15) is 14.2 Å². The third-order valence-electron chi connectivity index (χ3n) is 1.42. The molecule has 0 rings (SSSR count). The topological polar surface area (TPSA) is 112 Å². The zero-order valence-electron chi connectivity index (χ0n) is 8.06. The Bertz CT molecular complexity index is 266. The predicted molar refractivity (Wildman–Crippen MR) is 52.5 cm³/mol. The molecule has 4 N–H and O–H groups in total. The van der Waals surface area contributed by atoms with Crippen molar-refractivity contribution >= 4 is 18.9 Å². The standard InChI is InChI=1S/C7H15N2O4P/c1-14(12,5-7(11)3-9)13-4-6(10)2-8/h2-5,8-9H2,1H3. The molecule has 0 aromatic carbocycles. The monoisotopic (exact) mass is 222 g/mol. The highest BCUT2D eigenvalue weighted by Gasteiger charge is 2.20. The lowest BCUT2D eigenvalue weighted by molar-refractivity contribution is -0.120. The fourth-order valence-electron chi connectivity index (χ4n) is 0.698. The maximum Gasteiger partial charge on any atom is 0.207 e. The van der Waals surface area contributed by atoms with E-state index in [0.29, 0.717) is 0 Å². The van der Waals surface area contributed by atoms with Gasteiger partial charge in [0.15, 0.2) is 11.6 Å². The van der Waals surface area contributed by atoms with Crippen LogP contribution in [0.3, 0.4) is 0 Å². The first-order chi connectivity index (χ1) is 6.41. The molecule has 7 heteroatoms. The maximum absolute atomic E-state index is 11.5. The molecule has 0 aliphatic heterocycles. The van der Waals surface area contributed by atoms with E-state index in [0.717, 1.165) is 0 Å². The van der Waals surface area contributed by atoms with E-state index >= 15 is 0 Å². The van der Waals surface area contributed by atoms with Crippen LogP contribution in [0.1, 0.15) is 0 Å². The van der Waals surface area contributed by atoms with Crippen LogP contribution in [0, 0.1) is 0 Å². The Labute approximate surface area is 82.4 Å². The van der Waals surface area contributed by atoms with E-state index in [1.807, 2.05) is 0 Å². The Morgan fingerprint density at radius 1 is 1.21 bits per heavy atom. The highest BCUT2D eigenvalue weighted by Crippen LogP contribution is 2.41. The maximum atomic E-state index is 11.5. The Morgan fingerprint density at radius 3 is 2.14 bits per heavy atom. The van der Waals surface area contributed by atoms with Crippen molar-refractivity contribution in [1.82, 2.24) is 0 Å². The van der Waals surface area contributed by atoms with Gasteiger partial charge in [0, 0.05) is 6.66 Å². The quantitative estimate of drug-likeness (QED) is 0.532. The van der Waals surface area contributed by atoms with Crippen molar-refractivity contribution in [3.63, 3.8) is 0 Å². The molecule has 0 aromatic heterocycles. The largest absolute Gasteiger partial charge is 0.324 e. The smallest absolute Gasteiger partial charge is 0.207 e. The van der Waals surface area contributed by atoms with Crippen molar-refractivity contribution in [2.75, 3.05) is 32.5 Å². The first-order valence-corrected chi connectivity index (χ1v) is 6.31. The average Bonchev–Trinajstić information content (AvgIpc) is 2.13. The number of carbonyl (C=O) groups excluding carboxylic acids is 2. The van der Waals surface area contributed by atoms with Gasteiger partial charge >= 0.3 is 0 Å². The second-order valence-corrected chi connectivity index (χ2v) is 5.53. The van der Waals surface area contributed by atoms with Gasteiger partial charge in [0.05, 0.1) is 19.3 Å². The van der Waals surface area contributed by atoms with E-state index in [1.165, 1.54) is 6.66 Å². The zero-order valence-corrected chi connectivity index (χ0v) is 8.96. The Kier molecular flexibility index (Phi) is 5.79. The van der Waals surface area contributed by atoms with E-state index in [2.05, 4.69) is 0 Å². The van der Waals surface area contributed by atoms with Gasteiger partial charge in [-0.2, -0.15) is 0 Å². The number of carbonyl (C=O) groups is 2. The fraction of sp³-hybridized carbons (Fsp3) is 0.714. The van der Waals surface area contributed by atoms with Gasteiger partial charge in [-0.05, 0) is 0 Å². The summed E-state index contributed by atoms with van der Waals surface area (Å²) < 4.78 is 16.3. The molecule has 0 spiro atoms. The van der Waals surface area contributed by atoms with Crippen molar-refractivity contribution < 1.29 is 18.7 Å². The van der Waals surface area contributed by atoms with Crippen molar-refractivity contribution in [2.45, 2.75) is 0 Å². The summed E-state index contributed by atoms with van der Waals surface area (Å²) in [5.74, 6) is -0.705. The second-order valence-electron chi connectivity index (χ2n) is 2.93. The number of nitrogens with two attached hydrogens (primary N) is 2. The van der Waals surface area contributed by atoms with E-state index in [1.54, 1.807) is 0 Å². The molecule has 0 saturated carbocycles. The van der Waals surface area contributed by atoms with E-state index in [4.69, 9.17) is 16.0 Å². The summed E-state index contributed by atoms with van der Waals surface area (Å²) in [6, 6.07) is 0. The summed E-state index contributed by atoms with van der Waals surface area (Å²) in [4.78, 5) is 21.6. The summed E-state index contributed by atoms with van der Waals surface area (Å²) >= 11 is 0. The van der Waals surface area contributed by atoms with Crippen molar-refractivity contribution in [1.29, 1.82) is 0 Å². The molecular formula is C7H15N2O4P. The minimum Gasteiger partial charge on any atom is -0.324 e. The van der Waals surface area contributed by atoms with Gasteiger partial charge in [-0.1, -0.05) is 0 Å². The van der Waals surface area contributed by atoms with Gasteiger partial charge in [0.2, 0.25) is 7.37 Å². The second kappa shape index (κ2) is 6.03. The molecule has 0 amide bonds. The highest BCUT2D eigenvalue weighted by molar-refractivity contribution is 7.59. The van der Waals surface area contributed by atoms with Crippen LogP contribution < -0.4 is 11.5 Å². The molecule has 6 nitrogen and oxygen atoms in total. The third kappa shape index (κ3) is 5.99. The Hall–Kier alpha value is -0.550. The average molecular weight is 222 g/mol. The summed E-state index contributed by atoms with van der Waals surface area (Å²) in [5.41, 5.74) is 10.1. The number of Topliss-reactive ketones (excluding diaryl/α,β-unsaturated/α-hetero) is 2. The lowest BCUT2D eigenvalue weighted by Crippen LogP contribution is -2.21. The van der Waals surface area contributed by atoms with Gasteiger partial charge in [0.25, 0.3) is 0 Å². The van der Waals surface area contributed by atoms with Gasteiger partial charge < -0.3 is 16.0 Å². The lowest BCUT2D eigenvalue weighted by atomic mass is 10.4. The predicted octanol–water partition coefficient (Wildman–Crippen LogP) is -1.03. The van der Waals surface area contributed by atoms with Crippen LogP contribution in [0.15, 0.2) is 0 Å². The van der Waals surface area contributed by atoms with Gasteiger partial charge in [-0.3, -0.25) is 14.2 Å². The molecule has 0 fully saturated rings. The normalized spacial score (nSPS) is 14.8. The van der Waals surface area contributed by atoms with Crippen LogP contribution in [-0.2, 0) is 18.7 Å². The lowest BCUT2D eigenvalue weighted by Gasteiger charge is -2.11. The summed E-state index contributed by atoms with van der Waals surface area (Å²) in [7, 11) is -3.04. The Morgan fingerprint density at radius 2 is 1.71 bits per heavy atom. The first kappa shape index (κ1) is 13.4. The number of ketones is 2. The molecule has 1 unspecified atom stereocenters. The minimum atomic E-state index is -3.04. The highest BCUT2D eigenvalue weighted by atomic mass is 31.2. The summed E-state index contributed by atoms with van der Waals surface area (Å²) in [5, 5.41) is 0. The van der Waals surface area contributed by atoms with Crippen molar-refractivity contribution in [3.05, 3.63) is 0 Å². The summed E-state index contributed by atoms with van der Waals surface area (Å²) in [6.07, 6.45) is -0.235. The van der Waals surface area contributed by atoms with Crippen LogP contribution in [0.5, 0.6) is 0 Å². The van der Waals surface area contributed by atoms with Crippen molar-refractivity contribution in [3.8, 4) is 0 Å². The number of rotatable bonds is 7. The van der Waals surface area contributed by atoms with E-state index < -0.39 is 7.37 Å². The molecule has 0 radical (unpaired) electrons. The molecule has 0 heterocycles. The number of hydrogen-bond acceptors (Lipinski definition) is 6. The molecule has 14 heavy (non-hydrogen) atoms. The first-order valence-electron chi connectivity index (χ1n) is 4.06. The summed E-state index contributed by atoms with van der Waals surface area (Å²) in [6.45, 7) is 0.642. The van der Waals surface area contributed by atoms with E-state index in [-0.39, 0.29) is 37.4 Å². The molecule has 82 valence electrons. The molecule has 1 atom stereocenters. The van der Waals surface area contributed by atoms with Crippen LogP contribution >= 0.6 is 7.37 Å². The SMILES string of the molecule is CP(=O)(CC(=O)CN)OCC(=O)CN. The van der Waals surface area contributed by atoms with Crippen LogP contribution in [-0.4, -0.2) is 44.1 Å². The molecule has 0 bridgehead atoms. The van der Waals surface area contributed by atoms with Gasteiger partial charge in [0.1, 0.15) is 6.61 Å². The van der Waals surface area contributed by atoms with Gasteiger partial charge in [-0.25, -0.2) is 0 Å². The van der Waals surface area contributed by atoms with Crippen LogP contribution in [0.25, 0.3) is 0 Å².